The molecule has 4 atom stereocenters. The number of methoxy groups -OCH3 is 1. The highest BCUT2D eigenvalue weighted by Gasteiger charge is 2.57. The van der Waals surface area contributed by atoms with Crippen LogP contribution in [0.3, 0.4) is 0 Å². The van der Waals surface area contributed by atoms with Crippen LogP contribution in [0, 0.1) is 27.9 Å². The van der Waals surface area contributed by atoms with E-state index in [-0.39, 0.29) is 57.2 Å². The summed E-state index contributed by atoms with van der Waals surface area (Å²) in [7, 11) is 1.47. The molecule has 0 spiro atoms. The second-order valence-electron chi connectivity index (χ2n) is 10.1. The third-order valence-corrected chi connectivity index (χ3v) is 8.78. The number of amides is 2. The van der Waals surface area contributed by atoms with Crippen molar-refractivity contribution in [1.82, 2.24) is 0 Å². The molecule has 0 aromatic heterocycles. The number of anilines is 1. The zero-order valence-electron chi connectivity index (χ0n) is 21.0. The van der Waals surface area contributed by atoms with E-state index in [9.17, 15) is 34.4 Å². The number of imide groups is 1. The third-order valence-electron chi connectivity index (χ3n) is 8.20. The van der Waals surface area contributed by atoms with E-state index in [4.69, 9.17) is 4.74 Å². The minimum Gasteiger partial charge on any atom is -0.508 e. The smallest absolute Gasteiger partial charge is 0.269 e. The van der Waals surface area contributed by atoms with E-state index in [0.717, 1.165) is 4.90 Å². The Balaban J connectivity index is 1.47. The van der Waals surface area contributed by atoms with Crippen LogP contribution in [-0.4, -0.2) is 40.5 Å². The number of ether oxygens (including phenoxy) is 1. The summed E-state index contributed by atoms with van der Waals surface area (Å²) in [6.45, 7) is 0. The standard InChI is InChI=1S/C29H21BrN2O8/c1-40-15-6-9-22(33)19(10-15)24-16-7-8-17-25(18(16)11-20-26(24)23(34)12-21(30)27(20)35)29(37)31(28(17)36)13-2-4-14(5-3-13)32(38)39/h2-7,9-10,12,17-18,24-25,33H,8,11H2,1H3. The number of Topliss-reactive ketones (excluding diaryl/α,β-unsaturated/α-hetero) is 1. The molecule has 6 rings (SSSR count). The number of carbonyl (C=O) groups is 4. The van der Waals surface area contributed by atoms with Crippen LogP contribution in [0.2, 0.25) is 0 Å². The van der Waals surface area contributed by atoms with Crippen LogP contribution >= 0.6 is 15.9 Å². The first-order valence-corrected chi connectivity index (χ1v) is 13.3. The number of rotatable bonds is 4. The second-order valence-corrected chi connectivity index (χ2v) is 11.0. The van der Waals surface area contributed by atoms with Crippen LogP contribution in [0.15, 0.2) is 75.8 Å². The molecule has 0 saturated carbocycles. The summed E-state index contributed by atoms with van der Waals surface area (Å²) in [5.74, 6) is -4.26. The number of halogens is 1. The van der Waals surface area contributed by atoms with Crippen molar-refractivity contribution >= 4 is 50.7 Å². The topological polar surface area (TPSA) is 144 Å². The van der Waals surface area contributed by atoms with Gasteiger partial charge in [-0.3, -0.25) is 34.2 Å². The number of nitro groups is 1. The summed E-state index contributed by atoms with van der Waals surface area (Å²) in [4.78, 5) is 65.6. The molecule has 4 unspecified atom stereocenters. The molecule has 4 aliphatic rings. The molecule has 0 radical (unpaired) electrons. The molecule has 2 amide bonds. The first-order chi connectivity index (χ1) is 19.1. The Labute approximate surface area is 235 Å². The predicted octanol–water partition coefficient (Wildman–Crippen LogP) is 4.28. The summed E-state index contributed by atoms with van der Waals surface area (Å²) in [6.07, 6.45) is 3.35. The van der Waals surface area contributed by atoms with Crippen LogP contribution < -0.4 is 9.64 Å². The number of non-ortho nitro benzene ring substituents is 1. The van der Waals surface area contributed by atoms with Crippen LogP contribution in [0.4, 0.5) is 11.4 Å². The number of phenols is 1. The number of fused-ring (bicyclic) bond motifs is 3. The van der Waals surface area contributed by atoms with Gasteiger partial charge in [0.1, 0.15) is 11.5 Å². The SMILES string of the molecule is COc1ccc(O)c(C2C3=CCC4C(=O)N(c5ccc([N+](=O)[O-])cc5)C(=O)C4C3CC3=C2C(=O)C=C(Br)C3=O)c1. The van der Waals surface area contributed by atoms with E-state index in [1.807, 2.05) is 6.08 Å². The molecule has 40 heavy (non-hydrogen) atoms. The van der Waals surface area contributed by atoms with Gasteiger partial charge in [-0.05, 0) is 65.0 Å². The summed E-state index contributed by atoms with van der Waals surface area (Å²) in [5, 5.41) is 22.0. The van der Waals surface area contributed by atoms with Gasteiger partial charge in [-0.15, -0.1) is 0 Å². The normalized spacial score (nSPS) is 25.7. The maximum atomic E-state index is 13.9. The van der Waals surface area contributed by atoms with Crippen molar-refractivity contribution in [2.24, 2.45) is 17.8 Å². The van der Waals surface area contributed by atoms with Crippen molar-refractivity contribution < 1.29 is 33.9 Å². The quantitative estimate of drug-likeness (QED) is 0.179. The number of nitro benzene ring substituents is 1. The first-order valence-electron chi connectivity index (χ1n) is 12.5. The highest BCUT2D eigenvalue weighted by Crippen LogP contribution is 2.56. The Morgan fingerprint density at radius 3 is 2.45 bits per heavy atom. The molecule has 0 bridgehead atoms. The summed E-state index contributed by atoms with van der Waals surface area (Å²) >= 11 is 3.19. The van der Waals surface area contributed by atoms with Crippen LogP contribution in [-0.2, 0) is 19.2 Å². The molecule has 11 heteroatoms. The lowest BCUT2D eigenvalue weighted by molar-refractivity contribution is -0.384. The molecule has 3 aliphatic carbocycles. The predicted molar refractivity (Wildman–Crippen MR) is 145 cm³/mol. The van der Waals surface area contributed by atoms with Gasteiger partial charge < -0.3 is 9.84 Å². The van der Waals surface area contributed by atoms with Gasteiger partial charge in [0.2, 0.25) is 11.8 Å². The van der Waals surface area contributed by atoms with Gasteiger partial charge in [0.15, 0.2) is 11.6 Å². The average Bonchev–Trinajstić information content (AvgIpc) is 3.20. The van der Waals surface area contributed by atoms with E-state index in [0.29, 0.717) is 16.9 Å². The van der Waals surface area contributed by atoms with Gasteiger partial charge in [-0.25, -0.2) is 0 Å². The van der Waals surface area contributed by atoms with Gasteiger partial charge in [0.25, 0.3) is 5.69 Å². The molecule has 1 aliphatic heterocycles. The second kappa shape index (κ2) is 9.37. The number of aromatic hydroxyl groups is 1. The maximum Gasteiger partial charge on any atom is 0.269 e. The van der Waals surface area contributed by atoms with Gasteiger partial charge in [-0.1, -0.05) is 11.6 Å². The average molecular weight is 605 g/mol. The van der Waals surface area contributed by atoms with E-state index in [2.05, 4.69) is 15.9 Å². The van der Waals surface area contributed by atoms with E-state index < -0.39 is 40.4 Å². The van der Waals surface area contributed by atoms with Gasteiger partial charge >= 0.3 is 0 Å². The van der Waals surface area contributed by atoms with Crippen molar-refractivity contribution in [2.75, 3.05) is 12.0 Å². The fourth-order valence-corrected chi connectivity index (χ4v) is 6.88. The van der Waals surface area contributed by atoms with Crippen molar-refractivity contribution in [3.8, 4) is 11.5 Å². The number of phenolic OH excluding ortho intramolecular Hbond substituents is 1. The summed E-state index contributed by atoms with van der Waals surface area (Å²) < 4.78 is 5.46. The fourth-order valence-electron chi connectivity index (χ4n) is 6.43. The molecule has 1 fully saturated rings. The number of benzene rings is 2. The van der Waals surface area contributed by atoms with Gasteiger partial charge in [0.05, 0.1) is 34.0 Å². The van der Waals surface area contributed by atoms with Crippen LogP contribution in [0.5, 0.6) is 11.5 Å². The number of carbonyl (C=O) groups excluding carboxylic acids is 4. The molecule has 2 aromatic carbocycles. The van der Waals surface area contributed by atoms with Gasteiger partial charge in [-0.2, -0.15) is 0 Å². The lowest BCUT2D eigenvalue weighted by atomic mass is 9.59. The molecule has 1 N–H and O–H groups in total. The minimum absolute atomic E-state index is 0.0736. The Morgan fingerprint density at radius 1 is 1.05 bits per heavy atom. The van der Waals surface area contributed by atoms with Crippen LogP contribution in [0.1, 0.15) is 24.3 Å². The van der Waals surface area contributed by atoms with E-state index >= 15 is 0 Å². The largest absolute Gasteiger partial charge is 0.508 e. The number of hydrogen-bond donors (Lipinski definition) is 1. The number of nitrogens with zero attached hydrogens (tertiary/aromatic N) is 2. The minimum atomic E-state index is -0.825. The Kier molecular flexibility index (Phi) is 6.06. The maximum absolute atomic E-state index is 13.9. The van der Waals surface area contributed by atoms with Crippen molar-refractivity contribution in [3.05, 3.63) is 91.5 Å². The van der Waals surface area contributed by atoms with Crippen molar-refractivity contribution in [3.63, 3.8) is 0 Å². The number of hydrogen-bond acceptors (Lipinski definition) is 8. The zero-order valence-corrected chi connectivity index (χ0v) is 22.6. The lowest BCUT2D eigenvalue weighted by Gasteiger charge is -2.42. The molecular formula is C29H21BrN2O8. The Hall–Kier alpha value is -4.38. The highest BCUT2D eigenvalue weighted by atomic mass is 79.9. The van der Waals surface area contributed by atoms with Gasteiger partial charge in [0, 0.05) is 40.8 Å². The van der Waals surface area contributed by atoms with E-state index in [1.165, 1.54) is 43.5 Å². The molecule has 1 heterocycles. The van der Waals surface area contributed by atoms with Crippen molar-refractivity contribution in [2.45, 2.75) is 18.8 Å². The van der Waals surface area contributed by atoms with Crippen LogP contribution in [0.25, 0.3) is 0 Å². The monoisotopic (exact) mass is 604 g/mol. The Bertz CT molecular complexity index is 1640. The first kappa shape index (κ1) is 25.9. The Morgan fingerprint density at radius 2 is 1.77 bits per heavy atom. The van der Waals surface area contributed by atoms with Crippen molar-refractivity contribution in [1.29, 1.82) is 0 Å². The molecular weight excluding hydrogens is 584 g/mol. The number of ketones is 2. The third kappa shape index (κ3) is 3.75. The lowest BCUT2D eigenvalue weighted by Crippen LogP contribution is -2.39. The molecule has 1 saturated heterocycles. The highest BCUT2D eigenvalue weighted by molar-refractivity contribution is 9.12. The fraction of sp³-hybridized carbons (Fsp3) is 0.241. The molecule has 10 nitrogen and oxygen atoms in total. The summed E-state index contributed by atoms with van der Waals surface area (Å²) in [5.41, 5.74) is 1.57. The zero-order chi connectivity index (χ0) is 28.5. The number of allylic oxidation sites excluding steroid dienone is 6. The van der Waals surface area contributed by atoms with E-state index in [1.54, 1.807) is 12.1 Å². The molecule has 202 valence electrons. The summed E-state index contributed by atoms with van der Waals surface area (Å²) in [6, 6.07) is 9.83. The molecule has 2 aromatic rings.